The van der Waals surface area contributed by atoms with Crippen LogP contribution in [0.3, 0.4) is 0 Å². The van der Waals surface area contributed by atoms with Crippen LogP contribution >= 0.6 is 0 Å². The first-order valence-corrected chi connectivity index (χ1v) is 7.24. The van der Waals surface area contributed by atoms with E-state index in [4.69, 9.17) is 4.74 Å². The molecule has 21 heavy (non-hydrogen) atoms. The van der Waals surface area contributed by atoms with Gasteiger partial charge in [-0.15, -0.1) is 0 Å². The smallest absolute Gasteiger partial charge is 0.308 e. The number of nitrogens with one attached hydrogen (secondary N) is 1. The molecule has 1 N–H and O–H groups in total. The molecule has 2 aliphatic rings. The van der Waals surface area contributed by atoms with Gasteiger partial charge in [0.05, 0.1) is 13.0 Å². The molecule has 1 saturated carbocycles. The summed E-state index contributed by atoms with van der Waals surface area (Å²) in [5.41, 5.74) is 0.396. The molecular formula is C14H21N3O4. The van der Waals surface area contributed by atoms with E-state index in [1.165, 1.54) is 12.1 Å². The maximum Gasteiger partial charge on any atom is 0.308 e. The topological polar surface area (TPSA) is 88.1 Å². The molecular weight excluding hydrogens is 274 g/mol. The molecule has 0 radical (unpaired) electrons. The van der Waals surface area contributed by atoms with Crippen molar-refractivity contribution in [2.24, 2.45) is 11.0 Å². The number of amides is 2. The van der Waals surface area contributed by atoms with Crippen molar-refractivity contribution in [3.63, 3.8) is 0 Å². The lowest BCUT2D eigenvalue weighted by Crippen LogP contribution is -2.44. The third-order valence-electron chi connectivity index (χ3n) is 4.07. The number of nitrogens with zero attached hydrogens (tertiary/aromatic N) is 2. The molecule has 7 nitrogen and oxygen atoms in total. The van der Waals surface area contributed by atoms with Crippen LogP contribution in [0.1, 0.15) is 38.5 Å². The lowest BCUT2D eigenvalue weighted by molar-refractivity contribution is -0.146. The molecule has 2 rings (SSSR count). The Morgan fingerprint density at radius 3 is 2.48 bits per heavy atom. The Hall–Kier alpha value is -1.92. The van der Waals surface area contributed by atoms with Crippen LogP contribution in [-0.2, 0) is 19.1 Å². The van der Waals surface area contributed by atoms with Crippen LogP contribution in [-0.4, -0.2) is 48.7 Å². The highest BCUT2D eigenvalue weighted by molar-refractivity contribution is 6.39. The van der Waals surface area contributed by atoms with Crippen molar-refractivity contribution in [2.75, 3.05) is 14.2 Å². The summed E-state index contributed by atoms with van der Waals surface area (Å²) < 4.78 is 4.74. The molecule has 1 heterocycles. The van der Waals surface area contributed by atoms with Crippen LogP contribution in [0.5, 0.6) is 0 Å². The standard InChI is InChI=1S/C14H21N3O4/c1-17-12(18)8-7-11(16-17)13(19)15-10-5-3-9(4-6-10)14(20)21-2/h9-10H,3-8H2,1-2H3,(H,15,19). The summed E-state index contributed by atoms with van der Waals surface area (Å²) in [5, 5.41) is 8.16. The van der Waals surface area contributed by atoms with Gasteiger partial charge in [0.15, 0.2) is 0 Å². The van der Waals surface area contributed by atoms with E-state index < -0.39 is 0 Å². The number of ether oxygens (including phenoxy) is 1. The molecule has 1 aliphatic carbocycles. The maximum absolute atomic E-state index is 12.1. The van der Waals surface area contributed by atoms with Crippen LogP contribution in [0.2, 0.25) is 0 Å². The van der Waals surface area contributed by atoms with Gasteiger partial charge < -0.3 is 10.1 Å². The van der Waals surface area contributed by atoms with Crippen LogP contribution in [0.25, 0.3) is 0 Å². The first-order valence-electron chi connectivity index (χ1n) is 7.24. The van der Waals surface area contributed by atoms with Crippen molar-refractivity contribution in [3.05, 3.63) is 0 Å². The predicted octanol–water partition coefficient (Wildman–Crippen LogP) is 0.443. The highest BCUT2D eigenvalue weighted by Crippen LogP contribution is 2.25. The Morgan fingerprint density at radius 2 is 1.90 bits per heavy atom. The average molecular weight is 295 g/mol. The molecule has 7 heteroatoms. The molecule has 1 aliphatic heterocycles. The number of methoxy groups -OCH3 is 1. The van der Waals surface area contributed by atoms with Gasteiger partial charge in [-0.05, 0) is 25.7 Å². The first kappa shape index (κ1) is 15.5. The first-order chi connectivity index (χ1) is 10.0. The van der Waals surface area contributed by atoms with E-state index in [1.54, 1.807) is 7.05 Å². The zero-order valence-electron chi connectivity index (χ0n) is 12.4. The van der Waals surface area contributed by atoms with Crippen molar-refractivity contribution < 1.29 is 19.1 Å². The zero-order chi connectivity index (χ0) is 15.4. The van der Waals surface area contributed by atoms with E-state index >= 15 is 0 Å². The van der Waals surface area contributed by atoms with Gasteiger partial charge in [-0.2, -0.15) is 5.10 Å². The molecule has 0 unspecified atom stereocenters. The summed E-state index contributed by atoms with van der Waals surface area (Å²) in [6, 6.07) is 0.0593. The van der Waals surface area contributed by atoms with E-state index in [0.717, 1.165) is 25.7 Å². The highest BCUT2D eigenvalue weighted by Gasteiger charge is 2.29. The minimum Gasteiger partial charge on any atom is -0.469 e. The van der Waals surface area contributed by atoms with Gasteiger partial charge in [0.2, 0.25) is 5.91 Å². The molecule has 0 saturated heterocycles. The Kier molecular flexibility index (Phi) is 4.93. The number of esters is 1. The van der Waals surface area contributed by atoms with Crippen molar-refractivity contribution in [1.29, 1.82) is 0 Å². The van der Waals surface area contributed by atoms with Crippen molar-refractivity contribution in [1.82, 2.24) is 10.3 Å². The Balaban J connectivity index is 1.83. The zero-order valence-corrected chi connectivity index (χ0v) is 12.4. The van der Waals surface area contributed by atoms with E-state index in [9.17, 15) is 14.4 Å². The quantitative estimate of drug-likeness (QED) is 0.765. The molecule has 2 amide bonds. The fourth-order valence-corrected chi connectivity index (χ4v) is 2.74. The molecule has 0 atom stereocenters. The molecule has 0 bridgehead atoms. The molecule has 0 spiro atoms. The minimum absolute atomic E-state index is 0.0565. The van der Waals surface area contributed by atoms with Crippen LogP contribution < -0.4 is 5.32 Å². The number of rotatable bonds is 3. The normalized spacial score (nSPS) is 26.1. The van der Waals surface area contributed by atoms with E-state index in [0.29, 0.717) is 18.6 Å². The van der Waals surface area contributed by atoms with Crippen molar-refractivity contribution in [3.8, 4) is 0 Å². The van der Waals surface area contributed by atoms with Gasteiger partial charge >= 0.3 is 5.97 Å². The van der Waals surface area contributed by atoms with Gasteiger partial charge in [-0.1, -0.05) is 0 Å². The fraction of sp³-hybridized carbons (Fsp3) is 0.714. The molecule has 0 aromatic carbocycles. The fourth-order valence-electron chi connectivity index (χ4n) is 2.74. The molecule has 116 valence electrons. The summed E-state index contributed by atoms with van der Waals surface area (Å²) in [6.45, 7) is 0. The van der Waals surface area contributed by atoms with E-state index in [1.807, 2.05) is 0 Å². The maximum atomic E-state index is 12.1. The number of carbonyl (C=O) groups is 3. The van der Waals surface area contributed by atoms with E-state index in [2.05, 4.69) is 10.4 Å². The Morgan fingerprint density at radius 1 is 1.24 bits per heavy atom. The summed E-state index contributed by atoms with van der Waals surface area (Å²) in [4.78, 5) is 34.9. The highest BCUT2D eigenvalue weighted by atomic mass is 16.5. The SMILES string of the molecule is COC(=O)C1CCC(NC(=O)C2=NN(C)C(=O)CC2)CC1. The third-order valence-corrected chi connectivity index (χ3v) is 4.07. The number of carbonyl (C=O) groups excluding carboxylic acids is 3. The number of hydrogen-bond donors (Lipinski definition) is 1. The van der Waals surface area contributed by atoms with Gasteiger partial charge in [0.25, 0.3) is 5.91 Å². The van der Waals surface area contributed by atoms with Crippen molar-refractivity contribution in [2.45, 2.75) is 44.6 Å². The predicted molar refractivity (Wildman–Crippen MR) is 75.3 cm³/mol. The average Bonchev–Trinajstić information content (AvgIpc) is 2.50. The molecule has 1 fully saturated rings. The van der Waals surface area contributed by atoms with Gasteiger partial charge in [-0.25, -0.2) is 5.01 Å². The van der Waals surface area contributed by atoms with Gasteiger partial charge in [0.1, 0.15) is 5.71 Å². The summed E-state index contributed by atoms with van der Waals surface area (Å²) in [7, 11) is 2.95. The Bertz CT molecular complexity index is 467. The summed E-state index contributed by atoms with van der Waals surface area (Å²) in [5.74, 6) is -0.517. The minimum atomic E-state index is -0.212. The van der Waals surface area contributed by atoms with E-state index in [-0.39, 0.29) is 29.7 Å². The lowest BCUT2D eigenvalue weighted by atomic mass is 9.86. The second-order valence-electron chi connectivity index (χ2n) is 5.51. The lowest BCUT2D eigenvalue weighted by Gasteiger charge is -2.28. The largest absolute Gasteiger partial charge is 0.469 e. The van der Waals surface area contributed by atoms with Gasteiger partial charge in [-0.3, -0.25) is 14.4 Å². The second kappa shape index (κ2) is 6.69. The third kappa shape index (κ3) is 3.80. The van der Waals surface area contributed by atoms with Crippen LogP contribution in [0, 0.1) is 5.92 Å². The van der Waals surface area contributed by atoms with Crippen LogP contribution in [0.15, 0.2) is 5.10 Å². The van der Waals surface area contributed by atoms with Crippen molar-refractivity contribution >= 4 is 23.5 Å². The van der Waals surface area contributed by atoms with Crippen LogP contribution in [0.4, 0.5) is 0 Å². The molecule has 0 aromatic heterocycles. The number of hydrogen-bond acceptors (Lipinski definition) is 5. The monoisotopic (exact) mass is 295 g/mol. The van der Waals surface area contributed by atoms with Gasteiger partial charge in [0, 0.05) is 25.9 Å². The summed E-state index contributed by atoms with van der Waals surface area (Å²) >= 11 is 0. The Labute approximate surface area is 123 Å². The number of hydrazone groups is 1. The molecule has 0 aromatic rings. The second-order valence-corrected chi connectivity index (χ2v) is 5.51. The summed E-state index contributed by atoms with van der Waals surface area (Å²) in [6.07, 6.45) is 3.66.